The fourth-order valence-electron chi connectivity index (χ4n) is 3.45. The number of aromatic nitrogens is 3. The zero-order valence-corrected chi connectivity index (χ0v) is 17.1. The van der Waals surface area contributed by atoms with Gasteiger partial charge in [-0.05, 0) is 42.5 Å². The van der Waals surface area contributed by atoms with Crippen LogP contribution in [0, 0.1) is 5.82 Å². The average molecular weight is 492 g/mol. The summed E-state index contributed by atoms with van der Waals surface area (Å²) in [7, 11) is 0. The van der Waals surface area contributed by atoms with Gasteiger partial charge in [-0.25, -0.2) is 9.37 Å². The fraction of sp³-hybridized carbons (Fsp3) is 0.350. The van der Waals surface area contributed by atoms with E-state index in [1.165, 1.54) is 13.0 Å². The first kappa shape index (κ1) is 23.7. The summed E-state index contributed by atoms with van der Waals surface area (Å²) in [4.78, 5) is 3.64. The Balaban J connectivity index is 1.99. The van der Waals surface area contributed by atoms with E-state index < -0.39 is 70.7 Å². The second-order valence-corrected chi connectivity index (χ2v) is 7.81. The molecule has 0 saturated heterocycles. The zero-order chi connectivity index (χ0) is 25.1. The van der Waals surface area contributed by atoms with Crippen molar-refractivity contribution < 1.29 is 45.0 Å². The molecule has 34 heavy (non-hydrogen) atoms. The molecule has 3 aromatic rings. The van der Waals surface area contributed by atoms with Crippen molar-refractivity contribution in [3.8, 4) is 23.2 Å². The number of nitrogens with two attached hydrogens (primary N) is 1. The van der Waals surface area contributed by atoms with Crippen molar-refractivity contribution in [1.29, 1.82) is 0 Å². The molecule has 4 rings (SSSR count). The molecular weight excluding hydrogens is 477 g/mol. The summed E-state index contributed by atoms with van der Waals surface area (Å²) in [6, 6.07) is 3.38. The van der Waals surface area contributed by atoms with Gasteiger partial charge in [0, 0.05) is 6.07 Å². The van der Waals surface area contributed by atoms with Crippen LogP contribution in [0.1, 0.15) is 42.7 Å². The van der Waals surface area contributed by atoms with Crippen molar-refractivity contribution in [3.63, 3.8) is 0 Å². The first-order chi connectivity index (χ1) is 15.7. The molecule has 1 aliphatic rings. The van der Waals surface area contributed by atoms with E-state index in [2.05, 4.69) is 15.2 Å². The van der Waals surface area contributed by atoms with Crippen LogP contribution in [0.25, 0.3) is 11.6 Å². The molecule has 6 bridgehead atoms. The molecule has 0 spiro atoms. The van der Waals surface area contributed by atoms with E-state index >= 15 is 0 Å². The van der Waals surface area contributed by atoms with Gasteiger partial charge >= 0.3 is 12.4 Å². The van der Waals surface area contributed by atoms with E-state index in [9.17, 15) is 35.8 Å². The average Bonchev–Trinajstić information content (AvgIpc) is 3.20. The van der Waals surface area contributed by atoms with E-state index in [0.29, 0.717) is 6.07 Å². The third kappa shape index (κ3) is 4.13. The Hall–Kier alpha value is -3.42. The van der Waals surface area contributed by atoms with E-state index in [-0.39, 0.29) is 17.7 Å². The van der Waals surface area contributed by atoms with Crippen LogP contribution in [-0.2, 0) is 11.8 Å². The van der Waals surface area contributed by atoms with Gasteiger partial charge in [0.2, 0.25) is 11.5 Å². The summed E-state index contributed by atoms with van der Waals surface area (Å²) in [6.07, 6.45) is -11.5. The van der Waals surface area contributed by atoms with Crippen LogP contribution in [0.4, 0.5) is 36.4 Å². The molecule has 0 aliphatic carbocycles. The van der Waals surface area contributed by atoms with Crippen LogP contribution in [0.5, 0.6) is 11.6 Å². The Morgan fingerprint density at radius 1 is 1.09 bits per heavy atom. The van der Waals surface area contributed by atoms with Gasteiger partial charge in [0.1, 0.15) is 17.1 Å². The minimum atomic E-state index is -5.26. The van der Waals surface area contributed by atoms with E-state index in [1.54, 1.807) is 0 Å². The molecule has 3 heterocycles. The van der Waals surface area contributed by atoms with E-state index in [1.807, 2.05) is 0 Å². The minimum Gasteiger partial charge on any atom is -0.438 e. The van der Waals surface area contributed by atoms with Crippen molar-refractivity contribution in [3.05, 3.63) is 47.1 Å². The zero-order valence-electron chi connectivity index (χ0n) is 17.1. The highest BCUT2D eigenvalue weighted by molar-refractivity contribution is 5.68. The van der Waals surface area contributed by atoms with Crippen molar-refractivity contribution in [2.24, 2.45) is 0 Å². The van der Waals surface area contributed by atoms with E-state index in [4.69, 9.17) is 14.9 Å². The fourth-order valence-corrected chi connectivity index (χ4v) is 3.45. The Morgan fingerprint density at radius 3 is 2.44 bits per heavy atom. The number of pyridine rings is 1. The standard InChI is InChI=1S/C20H15F7N4O3/c1-8-2-3-18(32,20(25,26)27)17-31-30-16(34-17)14-13(28)7-12(19(22,23)24)15(29-14)33-11-5-9(8)4-10(21)6-11/h4-8,32H,2-3,28H2,1H3. The summed E-state index contributed by atoms with van der Waals surface area (Å²) >= 11 is 0. The Labute approximate surface area is 186 Å². The number of anilines is 1. The molecule has 1 aromatic carbocycles. The van der Waals surface area contributed by atoms with Gasteiger partial charge in [-0.3, -0.25) is 0 Å². The Kier molecular flexibility index (Phi) is 5.46. The normalized spacial score (nSPS) is 21.0. The molecule has 14 heteroatoms. The van der Waals surface area contributed by atoms with Gasteiger partial charge < -0.3 is 20.0 Å². The van der Waals surface area contributed by atoms with Gasteiger partial charge in [0.15, 0.2) is 5.69 Å². The molecular formula is C20H15F7N4O3. The molecule has 2 unspecified atom stereocenters. The lowest BCUT2D eigenvalue weighted by atomic mass is 9.88. The number of hydrogen-bond donors (Lipinski definition) is 2. The van der Waals surface area contributed by atoms with Crippen LogP contribution in [0.2, 0.25) is 0 Å². The number of benzene rings is 1. The molecule has 3 N–H and O–H groups in total. The number of ether oxygens (including phenoxy) is 1. The number of rotatable bonds is 0. The number of aliphatic hydroxyl groups is 1. The number of hydrogen-bond acceptors (Lipinski definition) is 7. The molecule has 0 saturated carbocycles. The number of halogens is 7. The maximum absolute atomic E-state index is 14.2. The highest BCUT2D eigenvalue weighted by Gasteiger charge is 2.58. The maximum atomic E-state index is 14.2. The predicted octanol–water partition coefficient (Wildman–Crippen LogP) is 5.31. The molecule has 0 amide bonds. The van der Waals surface area contributed by atoms with Gasteiger partial charge in [-0.15, -0.1) is 10.2 Å². The largest absolute Gasteiger partial charge is 0.438 e. The van der Waals surface area contributed by atoms with Crippen molar-refractivity contribution in [1.82, 2.24) is 15.2 Å². The summed E-state index contributed by atoms with van der Waals surface area (Å²) < 4.78 is 107. The van der Waals surface area contributed by atoms with Crippen LogP contribution in [-0.4, -0.2) is 26.5 Å². The van der Waals surface area contributed by atoms with Crippen molar-refractivity contribution >= 4 is 5.69 Å². The second kappa shape index (κ2) is 7.82. The number of nitrogen functional groups attached to an aromatic ring is 1. The summed E-state index contributed by atoms with van der Waals surface area (Å²) in [5, 5.41) is 17.1. The molecule has 182 valence electrons. The summed E-state index contributed by atoms with van der Waals surface area (Å²) in [5.41, 5.74) is -0.540. The lowest BCUT2D eigenvalue weighted by Crippen LogP contribution is -2.43. The predicted molar refractivity (Wildman–Crippen MR) is 101 cm³/mol. The smallest absolute Gasteiger partial charge is 0.426 e. The number of alkyl halides is 6. The Bertz CT molecular complexity index is 1240. The van der Waals surface area contributed by atoms with Gasteiger partial charge in [0.05, 0.1) is 5.69 Å². The first-order valence-electron chi connectivity index (χ1n) is 9.68. The summed E-state index contributed by atoms with van der Waals surface area (Å²) in [6.45, 7) is 1.45. The molecule has 2 atom stereocenters. The SMILES string of the molecule is CC1CCC(O)(C(F)(F)F)c2nnc(o2)-c2nc(c(C(F)(F)F)cc2N)Oc2cc(F)cc1c2. The molecule has 1 aliphatic heterocycles. The lowest BCUT2D eigenvalue weighted by Gasteiger charge is -2.28. The van der Waals surface area contributed by atoms with Crippen LogP contribution in [0.15, 0.2) is 28.7 Å². The number of nitrogens with zero attached hydrogens (tertiary/aromatic N) is 3. The third-order valence-corrected chi connectivity index (χ3v) is 5.39. The van der Waals surface area contributed by atoms with Crippen LogP contribution < -0.4 is 10.5 Å². The Morgan fingerprint density at radius 2 is 1.79 bits per heavy atom. The molecule has 2 aromatic heterocycles. The second-order valence-electron chi connectivity index (χ2n) is 7.81. The van der Waals surface area contributed by atoms with Crippen molar-refractivity contribution in [2.75, 3.05) is 5.73 Å². The maximum Gasteiger partial charge on any atom is 0.426 e. The minimum absolute atomic E-state index is 0.118. The molecule has 0 radical (unpaired) electrons. The van der Waals surface area contributed by atoms with Crippen molar-refractivity contribution in [2.45, 2.75) is 43.6 Å². The first-order valence-corrected chi connectivity index (χ1v) is 9.68. The van der Waals surface area contributed by atoms with E-state index in [0.717, 1.165) is 12.1 Å². The molecule has 0 fully saturated rings. The molecule has 7 nitrogen and oxygen atoms in total. The van der Waals surface area contributed by atoms with Gasteiger partial charge in [-0.2, -0.15) is 26.3 Å². The van der Waals surface area contributed by atoms with Crippen LogP contribution >= 0.6 is 0 Å². The van der Waals surface area contributed by atoms with Gasteiger partial charge in [0.25, 0.3) is 11.8 Å². The highest BCUT2D eigenvalue weighted by atomic mass is 19.4. The quantitative estimate of drug-likeness (QED) is 0.410. The monoisotopic (exact) mass is 492 g/mol. The third-order valence-electron chi connectivity index (χ3n) is 5.39. The summed E-state index contributed by atoms with van der Waals surface area (Å²) in [5.74, 6) is -5.16. The topological polar surface area (TPSA) is 107 Å². The van der Waals surface area contributed by atoms with Crippen LogP contribution in [0.3, 0.4) is 0 Å². The lowest BCUT2D eigenvalue weighted by molar-refractivity contribution is -0.277. The highest BCUT2D eigenvalue weighted by Crippen LogP contribution is 2.46. The number of fused-ring (bicyclic) bond motifs is 7. The van der Waals surface area contributed by atoms with Gasteiger partial charge in [-0.1, -0.05) is 6.92 Å².